The Hall–Kier alpha value is -0.550. The Morgan fingerprint density at radius 1 is 1.32 bits per heavy atom. The summed E-state index contributed by atoms with van der Waals surface area (Å²) in [6.07, 6.45) is 6.17. The minimum Gasteiger partial charge on any atom is -0.339 e. The topological polar surface area (TPSA) is 51.0 Å². The Labute approximate surface area is 120 Å². The molecule has 19 heavy (non-hydrogen) atoms. The lowest BCUT2D eigenvalue weighted by molar-refractivity contribution is 0.264. The predicted molar refractivity (Wildman–Crippen MR) is 79.4 cm³/mol. The highest BCUT2D eigenvalue weighted by Crippen LogP contribution is 2.32. The molecule has 108 valence electrons. The van der Waals surface area contributed by atoms with Crippen LogP contribution in [0.15, 0.2) is 4.52 Å². The quantitative estimate of drug-likeness (QED) is 0.778. The lowest BCUT2D eigenvalue weighted by Gasteiger charge is -2.29. The summed E-state index contributed by atoms with van der Waals surface area (Å²) in [7, 11) is 0. The molecule has 0 aliphatic heterocycles. The van der Waals surface area contributed by atoms with Gasteiger partial charge in [0, 0.05) is 6.04 Å². The number of aromatic nitrogens is 2. The number of likely N-dealkylation sites (N-methyl/N-ethyl adjacent to an activating group) is 1. The molecule has 1 fully saturated rings. The Bertz CT molecular complexity index is 367. The normalized spacial score (nSPS) is 23.7. The summed E-state index contributed by atoms with van der Waals surface area (Å²) in [6, 6.07) is 0.510. The molecule has 1 N–H and O–H groups in total. The van der Waals surface area contributed by atoms with Crippen molar-refractivity contribution in [2.75, 3.05) is 12.3 Å². The van der Waals surface area contributed by atoms with Gasteiger partial charge in [-0.15, -0.1) is 0 Å². The van der Waals surface area contributed by atoms with E-state index in [1.54, 1.807) is 0 Å². The Morgan fingerprint density at radius 3 is 2.95 bits per heavy atom. The molecule has 0 bridgehead atoms. The number of hydrogen-bond acceptors (Lipinski definition) is 5. The van der Waals surface area contributed by atoms with E-state index >= 15 is 0 Å². The maximum absolute atomic E-state index is 5.50. The van der Waals surface area contributed by atoms with Crippen LogP contribution in [0.4, 0.5) is 0 Å². The van der Waals surface area contributed by atoms with Gasteiger partial charge in [-0.2, -0.15) is 16.7 Å². The van der Waals surface area contributed by atoms with Crippen molar-refractivity contribution in [2.45, 2.75) is 63.7 Å². The molecule has 1 aromatic heterocycles. The zero-order chi connectivity index (χ0) is 13.5. The van der Waals surface area contributed by atoms with Crippen molar-refractivity contribution in [3.8, 4) is 0 Å². The molecule has 1 aliphatic rings. The fourth-order valence-corrected chi connectivity index (χ4v) is 3.45. The molecule has 1 aromatic rings. The van der Waals surface area contributed by atoms with Gasteiger partial charge in [0.1, 0.15) is 0 Å². The third-order valence-corrected chi connectivity index (χ3v) is 4.77. The molecule has 4 nitrogen and oxygen atoms in total. The second-order valence-electron chi connectivity index (χ2n) is 5.16. The number of thioether (sulfide) groups is 1. The van der Waals surface area contributed by atoms with Crippen LogP contribution in [-0.4, -0.2) is 28.5 Å². The van der Waals surface area contributed by atoms with E-state index in [2.05, 4.69) is 29.3 Å². The van der Waals surface area contributed by atoms with Crippen molar-refractivity contribution in [3.05, 3.63) is 11.7 Å². The lowest BCUT2D eigenvalue weighted by Crippen LogP contribution is -2.37. The second-order valence-corrected chi connectivity index (χ2v) is 6.26. The SMILES string of the molecule is CCCSCc1noc(C2CCCCC2NCC)n1. The van der Waals surface area contributed by atoms with Crippen molar-refractivity contribution in [1.82, 2.24) is 15.5 Å². The molecule has 1 heterocycles. The summed E-state index contributed by atoms with van der Waals surface area (Å²) in [5, 5.41) is 7.68. The van der Waals surface area contributed by atoms with E-state index in [0.29, 0.717) is 12.0 Å². The van der Waals surface area contributed by atoms with E-state index in [1.807, 2.05) is 11.8 Å². The van der Waals surface area contributed by atoms with Crippen molar-refractivity contribution in [3.63, 3.8) is 0 Å². The monoisotopic (exact) mass is 283 g/mol. The van der Waals surface area contributed by atoms with E-state index in [1.165, 1.54) is 32.1 Å². The van der Waals surface area contributed by atoms with Crippen LogP contribution in [-0.2, 0) is 5.75 Å². The molecule has 1 aliphatic carbocycles. The summed E-state index contributed by atoms with van der Waals surface area (Å²) in [5.41, 5.74) is 0. The first-order valence-electron chi connectivity index (χ1n) is 7.48. The minimum absolute atomic E-state index is 0.408. The average molecular weight is 283 g/mol. The van der Waals surface area contributed by atoms with Gasteiger partial charge in [0.05, 0.1) is 11.7 Å². The van der Waals surface area contributed by atoms with Crippen molar-refractivity contribution in [1.29, 1.82) is 0 Å². The van der Waals surface area contributed by atoms with E-state index in [4.69, 9.17) is 4.52 Å². The van der Waals surface area contributed by atoms with Crippen LogP contribution >= 0.6 is 11.8 Å². The highest BCUT2D eigenvalue weighted by atomic mass is 32.2. The molecule has 5 heteroatoms. The molecule has 2 unspecified atom stereocenters. The van der Waals surface area contributed by atoms with Gasteiger partial charge >= 0.3 is 0 Å². The van der Waals surface area contributed by atoms with Gasteiger partial charge in [0.2, 0.25) is 5.89 Å². The number of nitrogens with one attached hydrogen (secondary N) is 1. The minimum atomic E-state index is 0.408. The molecular formula is C14H25N3OS. The van der Waals surface area contributed by atoms with Gasteiger partial charge in [-0.25, -0.2) is 0 Å². The largest absolute Gasteiger partial charge is 0.339 e. The number of nitrogens with zero attached hydrogens (tertiary/aromatic N) is 2. The van der Waals surface area contributed by atoms with Crippen LogP contribution in [0.3, 0.4) is 0 Å². The summed E-state index contributed by atoms with van der Waals surface area (Å²) in [4.78, 5) is 4.60. The average Bonchev–Trinajstić information content (AvgIpc) is 2.89. The van der Waals surface area contributed by atoms with E-state index in [9.17, 15) is 0 Å². The highest BCUT2D eigenvalue weighted by molar-refractivity contribution is 7.98. The van der Waals surface area contributed by atoms with Crippen LogP contribution in [0.25, 0.3) is 0 Å². The maximum Gasteiger partial charge on any atom is 0.231 e. The van der Waals surface area contributed by atoms with Crippen LogP contribution in [0, 0.1) is 0 Å². The molecule has 0 amide bonds. The van der Waals surface area contributed by atoms with E-state index in [-0.39, 0.29) is 0 Å². The zero-order valence-electron chi connectivity index (χ0n) is 12.0. The first-order valence-corrected chi connectivity index (χ1v) is 8.64. The highest BCUT2D eigenvalue weighted by Gasteiger charge is 2.30. The summed E-state index contributed by atoms with van der Waals surface area (Å²) in [6.45, 7) is 5.36. The molecule has 0 aromatic carbocycles. The Morgan fingerprint density at radius 2 is 2.16 bits per heavy atom. The fraction of sp³-hybridized carbons (Fsp3) is 0.857. The van der Waals surface area contributed by atoms with E-state index in [0.717, 1.165) is 29.8 Å². The van der Waals surface area contributed by atoms with Crippen LogP contribution in [0.2, 0.25) is 0 Å². The molecule has 0 saturated heterocycles. The van der Waals surface area contributed by atoms with Crippen molar-refractivity contribution in [2.24, 2.45) is 0 Å². The smallest absolute Gasteiger partial charge is 0.231 e. The number of hydrogen-bond donors (Lipinski definition) is 1. The summed E-state index contributed by atoms with van der Waals surface area (Å²) in [5.74, 6) is 4.14. The van der Waals surface area contributed by atoms with E-state index < -0.39 is 0 Å². The molecule has 1 saturated carbocycles. The van der Waals surface area contributed by atoms with Crippen LogP contribution in [0.5, 0.6) is 0 Å². The van der Waals surface area contributed by atoms with Gasteiger partial charge in [-0.1, -0.05) is 31.8 Å². The third kappa shape index (κ3) is 4.21. The van der Waals surface area contributed by atoms with Crippen molar-refractivity contribution < 1.29 is 4.52 Å². The standard InChI is InChI=1S/C14H25N3OS/c1-3-9-19-10-13-16-14(18-17-13)11-7-5-6-8-12(11)15-4-2/h11-12,15H,3-10H2,1-2H3. The zero-order valence-corrected chi connectivity index (χ0v) is 12.8. The summed E-state index contributed by atoms with van der Waals surface area (Å²) >= 11 is 1.88. The molecule has 0 radical (unpaired) electrons. The second kappa shape index (κ2) is 7.90. The third-order valence-electron chi connectivity index (χ3n) is 3.61. The van der Waals surface area contributed by atoms with Crippen LogP contribution in [0.1, 0.15) is 63.6 Å². The molecule has 2 atom stereocenters. The Balaban J connectivity index is 1.95. The van der Waals surface area contributed by atoms with Gasteiger partial charge in [-0.3, -0.25) is 0 Å². The summed E-state index contributed by atoms with van der Waals surface area (Å²) < 4.78 is 5.50. The first-order chi connectivity index (χ1) is 9.35. The first kappa shape index (κ1) is 14.9. The Kier molecular flexibility index (Phi) is 6.17. The molecule has 2 rings (SSSR count). The van der Waals surface area contributed by atoms with Crippen LogP contribution < -0.4 is 5.32 Å². The molecule has 0 spiro atoms. The van der Waals surface area contributed by atoms with Gasteiger partial charge in [0.15, 0.2) is 5.82 Å². The predicted octanol–water partition coefficient (Wildman–Crippen LogP) is 3.35. The van der Waals surface area contributed by atoms with Gasteiger partial charge in [-0.05, 0) is 31.6 Å². The van der Waals surface area contributed by atoms with Gasteiger partial charge in [0.25, 0.3) is 0 Å². The number of rotatable bonds is 7. The van der Waals surface area contributed by atoms with Gasteiger partial charge < -0.3 is 9.84 Å². The molecular weight excluding hydrogens is 258 g/mol. The fourth-order valence-electron chi connectivity index (χ4n) is 2.72. The van der Waals surface area contributed by atoms with Crippen molar-refractivity contribution >= 4 is 11.8 Å². The maximum atomic E-state index is 5.50. The lowest BCUT2D eigenvalue weighted by atomic mass is 9.84.